The van der Waals surface area contributed by atoms with Crippen LogP contribution in [0.4, 0.5) is 0 Å². The molecule has 0 atom stereocenters. The Labute approximate surface area is 258 Å². The quantitative estimate of drug-likeness (QED) is 0.164. The van der Waals surface area contributed by atoms with Gasteiger partial charge in [-0.05, 0) is 30.7 Å². The van der Waals surface area contributed by atoms with Crippen molar-refractivity contribution in [2.24, 2.45) is 0 Å². The van der Waals surface area contributed by atoms with Crippen molar-refractivity contribution in [3.05, 3.63) is 82.4 Å². The van der Waals surface area contributed by atoms with Crippen molar-refractivity contribution >= 4 is 18.0 Å². The molecule has 2 aromatic heterocycles. The predicted molar refractivity (Wildman–Crippen MR) is 161 cm³/mol. The smallest absolute Gasteiger partial charge is 0.336 e. The van der Waals surface area contributed by atoms with E-state index in [-0.39, 0.29) is 42.5 Å². The van der Waals surface area contributed by atoms with E-state index >= 15 is 0 Å². The SMILES string of the molecule is CCCCc1onc(C=C(Cc2cc3c(cc2OC)OCO3)C(=O)O)c1-c1c(OCc2ccccc2C(=O)O)ccnc1OC. The van der Waals surface area contributed by atoms with Crippen LogP contribution in [0.25, 0.3) is 17.2 Å². The van der Waals surface area contributed by atoms with Crippen LogP contribution in [0.2, 0.25) is 0 Å². The number of unbranched alkanes of at least 4 members (excludes halogenated alkanes) is 1. The number of benzene rings is 2. The summed E-state index contributed by atoms with van der Waals surface area (Å²) >= 11 is 0. The number of pyridine rings is 1. The Hall–Kier alpha value is -5.52. The second-order valence-corrected chi connectivity index (χ2v) is 10.1. The molecule has 0 aliphatic carbocycles. The summed E-state index contributed by atoms with van der Waals surface area (Å²) in [7, 11) is 2.95. The van der Waals surface area contributed by atoms with E-state index in [0.717, 1.165) is 12.8 Å². The topological polar surface area (TPSA) is 160 Å². The number of aromatic nitrogens is 2. The van der Waals surface area contributed by atoms with E-state index < -0.39 is 11.9 Å². The molecule has 12 nitrogen and oxygen atoms in total. The number of methoxy groups -OCH3 is 2. The third-order valence-electron chi connectivity index (χ3n) is 7.24. The molecule has 0 amide bonds. The zero-order valence-corrected chi connectivity index (χ0v) is 25.0. The lowest BCUT2D eigenvalue weighted by molar-refractivity contribution is -0.132. The summed E-state index contributed by atoms with van der Waals surface area (Å²) < 4.78 is 34.0. The fourth-order valence-electron chi connectivity index (χ4n) is 5.01. The molecule has 0 bridgehead atoms. The second-order valence-electron chi connectivity index (χ2n) is 10.1. The summed E-state index contributed by atoms with van der Waals surface area (Å²) in [5, 5.41) is 24.2. The summed E-state index contributed by atoms with van der Waals surface area (Å²) in [6.07, 6.45) is 5.07. The van der Waals surface area contributed by atoms with Crippen LogP contribution >= 0.6 is 0 Å². The molecule has 3 heterocycles. The van der Waals surface area contributed by atoms with E-state index in [1.807, 2.05) is 6.92 Å². The van der Waals surface area contributed by atoms with Gasteiger partial charge in [-0.2, -0.15) is 0 Å². The molecule has 45 heavy (non-hydrogen) atoms. The molecule has 0 radical (unpaired) electrons. The number of rotatable bonds is 14. The number of aliphatic carboxylic acids is 1. The minimum absolute atomic E-state index is 0.00414. The number of aryl methyl sites for hydroxylation is 1. The molecule has 4 aromatic rings. The number of hydrogen-bond donors (Lipinski definition) is 2. The van der Waals surface area contributed by atoms with E-state index in [4.69, 9.17) is 28.2 Å². The van der Waals surface area contributed by atoms with Crippen LogP contribution in [0.5, 0.6) is 28.9 Å². The van der Waals surface area contributed by atoms with Gasteiger partial charge in [0.15, 0.2) is 11.5 Å². The van der Waals surface area contributed by atoms with Crippen LogP contribution < -0.4 is 23.7 Å². The number of ether oxygens (including phenoxy) is 5. The molecule has 1 aliphatic heterocycles. The van der Waals surface area contributed by atoms with Gasteiger partial charge in [0.05, 0.1) is 30.9 Å². The van der Waals surface area contributed by atoms with Crippen LogP contribution in [-0.4, -0.2) is 53.3 Å². The van der Waals surface area contributed by atoms with E-state index in [0.29, 0.717) is 57.4 Å². The molecule has 2 aromatic carbocycles. The van der Waals surface area contributed by atoms with Gasteiger partial charge in [-0.25, -0.2) is 14.6 Å². The Morgan fingerprint density at radius 1 is 0.978 bits per heavy atom. The first-order valence-corrected chi connectivity index (χ1v) is 14.2. The first-order valence-electron chi connectivity index (χ1n) is 14.2. The molecule has 0 spiro atoms. The average molecular weight is 617 g/mol. The lowest BCUT2D eigenvalue weighted by Gasteiger charge is -2.15. The zero-order valence-electron chi connectivity index (χ0n) is 25.0. The van der Waals surface area contributed by atoms with E-state index in [1.54, 1.807) is 36.4 Å². The van der Waals surface area contributed by atoms with Crippen molar-refractivity contribution in [2.45, 2.75) is 39.2 Å². The number of hydrogen-bond acceptors (Lipinski definition) is 10. The molecule has 0 fully saturated rings. The molecule has 1 aliphatic rings. The number of carbonyl (C=O) groups is 2. The highest BCUT2D eigenvalue weighted by Crippen LogP contribution is 2.43. The van der Waals surface area contributed by atoms with Gasteiger partial charge in [0, 0.05) is 41.8 Å². The summed E-state index contributed by atoms with van der Waals surface area (Å²) in [5.74, 6) is 0.228. The Morgan fingerprint density at radius 3 is 2.47 bits per heavy atom. The lowest BCUT2D eigenvalue weighted by atomic mass is 9.97. The third-order valence-corrected chi connectivity index (χ3v) is 7.24. The molecular formula is C33H32N2O10. The Kier molecular flexibility index (Phi) is 9.51. The van der Waals surface area contributed by atoms with Crippen LogP contribution in [-0.2, 0) is 24.2 Å². The normalized spacial score (nSPS) is 12.2. The maximum atomic E-state index is 12.6. The first kappa shape index (κ1) is 30.9. The Morgan fingerprint density at radius 2 is 1.76 bits per heavy atom. The largest absolute Gasteiger partial charge is 0.496 e. The molecule has 0 saturated heterocycles. The number of carboxylic acids is 2. The van der Waals surface area contributed by atoms with Crippen molar-refractivity contribution in [3.63, 3.8) is 0 Å². The first-order chi connectivity index (χ1) is 21.8. The number of nitrogens with zero attached hydrogens (tertiary/aromatic N) is 2. The highest BCUT2D eigenvalue weighted by Gasteiger charge is 2.27. The number of aromatic carboxylic acids is 1. The van der Waals surface area contributed by atoms with Crippen molar-refractivity contribution in [2.75, 3.05) is 21.0 Å². The van der Waals surface area contributed by atoms with Crippen LogP contribution in [0.1, 0.15) is 52.7 Å². The van der Waals surface area contributed by atoms with Crippen LogP contribution in [0.3, 0.4) is 0 Å². The van der Waals surface area contributed by atoms with Gasteiger partial charge in [-0.15, -0.1) is 0 Å². The van der Waals surface area contributed by atoms with Gasteiger partial charge in [0.2, 0.25) is 12.7 Å². The van der Waals surface area contributed by atoms with Crippen LogP contribution in [0, 0.1) is 0 Å². The van der Waals surface area contributed by atoms with Gasteiger partial charge in [-0.1, -0.05) is 36.7 Å². The molecule has 0 unspecified atom stereocenters. The summed E-state index contributed by atoms with van der Waals surface area (Å²) in [6.45, 7) is 2.04. The molecular weight excluding hydrogens is 584 g/mol. The molecule has 12 heteroatoms. The van der Waals surface area contributed by atoms with E-state index in [9.17, 15) is 19.8 Å². The fraction of sp³-hybridized carbons (Fsp3) is 0.273. The maximum absolute atomic E-state index is 12.6. The predicted octanol–water partition coefficient (Wildman–Crippen LogP) is 5.81. The summed E-state index contributed by atoms with van der Waals surface area (Å²) in [6, 6.07) is 11.5. The van der Waals surface area contributed by atoms with Gasteiger partial charge in [-0.3, -0.25) is 0 Å². The van der Waals surface area contributed by atoms with Crippen molar-refractivity contribution in [1.29, 1.82) is 0 Å². The maximum Gasteiger partial charge on any atom is 0.336 e. The highest BCUT2D eigenvalue weighted by atomic mass is 16.7. The van der Waals surface area contributed by atoms with Crippen molar-refractivity contribution in [3.8, 4) is 40.0 Å². The minimum Gasteiger partial charge on any atom is -0.496 e. The van der Waals surface area contributed by atoms with Gasteiger partial charge >= 0.3 is 11.9 Å². The molecule has 5 rings (SSSR count). The van der Waals surface area contributed by atoms with Gasteiger partial charge < -0.3 is 38.4 Å². The highest BCUT2D eigenvalue weighted by molar-refractivity contribution is 5.95. The molecule has 0 saturated carbocycles. The van der Waals surface area contributed by atoms with E-state index in [2.05, 4.69) is 10.1 Å². The number of fused-ring (bicyclic) bond motifs is 1. The average Bonchev–Trinajstić information content (AvgIpc) is 3.67. The Bertz CT molecular complexity index is 1740. The van der Waals surface area contributed by atoms with E-state index in [1.165, 1.54) is 32.6 Å². The van der Waals surface area contributed by atoms with Crippen molar-refractivity contribution < 1.29 is 48.0 Å². The van der Waals surface area contributed by atoms with Crippen molar-refractivity contribution in [1.82, 2.24) is 10.1 Å². The monoisotopic (exact) mass is 616 g/mol. The fourth-order valence-corrected chi connectivity index (χ4v) is 5.01. The standard InChI is InChI=1S/C33H32N2O10/c1-4-5-10-25-29(30-24(11-12-34-31(30)41-3)42-17-19-8-6-7-9-22(19)33(38)39)23(35-45-25)14-21(32(36)37)13-20-15-27-28(44-18-43-27)16-26(20)40-2/h6-9,11-12,14-16H,4-5,10,13,17-18H2,1-3H3,(H,36,37)(H,38,39). The molecule has 2 N–H and O–H groups in total. The summed E-state index contributed by atoms with van der Waals surface area (Å²) in [5.41, 5.74) is 2.26. The van der Waals surface area contributed by atoms with Gasteiger partial charge in [0.25, 0.3) is 0 Å². The minimum atomic E-state index is -1.17. The third kappa shape index (κ3) is 6.69. The van der Waals surface area contributed by atoms with Crippen LogP contribution in [0.15, 0.2) is 58.8 Å². The Balaban J connectivity index is 1.60. The summed E-state index contributed by atoms with van der Waals surface area (Å²) in [4.78, 5) is 28.7. The zero-order chi connectivity index (χ0) is 31.9. The lowest BCUT2D eigenvalue weighted by Crippen LogP contribution is -2.07. The second kappa shape index (κ2) is 13.8. The molecule has 234 valence electrons. The van der Waals surface area contributed by atoms with Gasteiger partial charge in [0.1, 0.15) is 29.6 Å². The number of carboxylic acid groups (broad SMARTS) is 2.